The third-order valence-corrected chi connectivity index (χ3v) is 2.14. The fourth-order valence-electron chi connectivity index (χ4n) is 1.45. The molecule has 0 spiro atoms. The second kappa shape index (κ2) is 7.05. The van der Waals surface area contributed by atoms with Crippen molar-refractivity contribution in [3.8, 4) is 0 Å². The van der Waals surface area contributed by atoms with Crippen LogP contribution in [0.2, 0.25) is 0 Å². The van der Waals surface area contributed by atoms with E-state index in [9.17, 15) is 19.5 Å². The maximum absolute atomic E-state index is 11.4. The van der Waals surface area contributed by atoms with Crippen LogP contribution < -0.4 is 10.8 Å². The van der Waals surface area contributed by atoms with Gasteiger partial charge in [0.05, 0.1) is 46.0 Å². The Morgan fingerprint density at radius 2 is 1.79 bits per heavy atom. The highest BCUT2D eigenvalue weighted by molar-refractivity contribution is 5.80. The number of carbonyl (C=O) groups excluding carboxylic acids is 2. The van der Waals surface area contributed by atoms with Crippen molar-refractivity contribution in [2.45, 2.75) is 25.0 Å². The summed E-state index contributed by atoms with van der Waals surface area (Å²) in [5.74, 6) is -3.51. The number of esters is 1. The lowest BCUT2D eigenvalue weighted by molar-refractivity contribution is -0.873. The molecular weight excluding hydrogens is 256 g/mol. The molecule has 0 saturated heterocycles. The number of ether oxygens (including phenoxy) is 1. The SMILES string of the molecule is C[N+](C)(C)C[C@@H](CC(=O)O)OC(=O)CC(N)C(=O)[O-]. The highest BCUT2D eigenvalue weighted by atomic mass is 16.5. The molecule has 2 atom stereocenters. The van der Waals surface area contributed by atoms with Gasteiger partial charge in [-0.3, -0.25) is 9.59 Å². The van der Waals surface area contributed by atoms with E-state index in [0.717, 1.165) is 0 Å². The molecule has 0 radical (unpaired) electrons. The standard InChI is InChI=1S/C11H20N2O6/c1-13(2,3)6-7(4-9(14)15)19-10(16)5-8(12)11(17)18/h7-8H,4-6,12H2,1-3H3,(H-,14,15,17,18)/t7-,8?/m1/s1. The zero-order valence-corrected chi connectivity index (χ0v) is 11.3. The summed E-state index contributed by atoms with van der Waals surface area (Å²) in [7, 11) is 5.45. The summed E-state index contributed by atoms with van der Waals surface area (Å²) in [4.78, 5) is 32.5. The van der Waals surface area contributed by atoms with Gasteiger partial charge in [0.2, 0.25) is 0 Å². The van der Waals surface area contributed by atoms with Crippen molar-refractivity contribution < 1.29 is 33.8 Å². The van der Waals surface area contributed by atoms with Crippen molar-refractivity contribution >= 4 is 17.9 Å². The van der Waals surface area contributed by atoms with Crippen molar-refractivity contribution in [2.75, 3.05) is 27.7 Å². The van der Waals surface area contributed by atoms with Gasteiger partial charge < -0.3 is 30.0 Å². The number of nitrogens with two attached hydrogens (primary N) is 1. The Hall–Kier alpha value is -1.67. The molecule has 0 saturated carbocycles. The van der Waals surface area contributed by atoms with E-state index in [4.69, 9.17) is 15.6 Å². The number of carboxylic acid groups (broad SMARTS) is 2. The first-order valence-corrected chi connectivity index (χ1v) is 5.69. The van der Waals surface area contributed by atoms with Crippen LogP contribution in [0.1, 0.15) is 12.8 Å². The van der Waals surface area contributed by atoms with E-state index in [1.54, 1.807) is 0 Å². The molecule has 0 aliphatic carbocycles. The molecule has 8 nitrogen and oxygen atoms in total. The fraction of sp³-hybridized carbons (Fsp3) is 0.727. The van der Waals surface area contributed by atoms with E-state index in [1.807, 2.05) is 21.1 Å². The van der Waals surface area contributed by atoms with Crippen LogP contribution in [0.3, 0.4) is 0 Å². The maximum Gasteiger partial charge on any atom is 0.308 e. The number of hydrogen-bond acceptors (Lipinski definition) is 6. The zero-order valence-electron chi connectivity index (χ0n) is 11.3. The summed E-state index contributed by atoms with van der Waals surface area (Å²) in [5, 5.41) is 19.1. The van der Waals surface area contributed by atoms with Crippen LogP contribution in [0.25, 0.3) is 0 Å². The van der Waals surface area contributed by atoms with E-state index < -0.39 is 36.5 Å². The minimum absolute atomic E-state index is 0.290. The summed E-state index contributed by atoms with van der Waals surface area (Å²) >= 11 is 0. The summed E-state index contributed by atoms with van der Waals surface area (Å²) in [6.07, 6.45) is -1.73. The Morgan fingerprint density at radius 3 is 2.16 bits per heavy atom. The number of rotatable bonds is 8. The molecule has 0 rings (SSSR count). The smallest absolute Gasteiger partial charge is 0.308 e. The van der Waals surface area contributed by atoms with Crippen LogP contribution in [-0.4, -0.2) is 67.3 Å². The molecular formula is C11H20N2O6. The van der Waals surface area contributed by atoms with Gasteiger partial charge in [-0.2, -0.15) is 0 Å². The molecule has 0 heterocycles. The Balaban J connectivity index is 4.50. The van der Waals surface area contributed by atoms with Crippen LogP contribution in [0.4, 0.5) is 0 Å². The summed E-state index contributed by atoms with van der Waals surface area (Å²) in [6, 6.07) is -1.46. The summed E-state index contributed by atoms with van der Waals surface area (Å²) < 4.78 is 5.35. The number of carbonyl (C=O) groups is 3. The first-order chi connectivity index (χ1) is 8.51. The second-order valence-electron chi connectivity index (χ2n) is 5.31. The third kappa shape index (κ3) is 8.97. The van der Waals surface area contributed by atoms with Gasteiger partial charge in [0.15, 0.2) is 6.10 Å². The van der Waals surface area contributed by atoms with E-state index in [0.29, 0.717) is 11.0 Å². The van der Waals surface area contributed by atoms with Crippen molar-refractivity contribution in [1.82, 2.24) is 0 Å². The van der Waals surface area contributed by atoms with E-state index >= 15 is 0 Å². The number of nitrogens with zero attached hydrogens (tertiary/aromatic N) is 1. The molecule has 19 heavy (non-hydrogen) atoms. The van der Waals surface area contributed by atoms with Crippen molar-refractivity contribution in [1.29, 1.82) is 0 Å². The van der Waals surface area contributed by atoms with Gasteiger partial charge in [-0.1, -0.05) is 0 Å². The monoisotopic (exact) mass is 276 g/mol. The van der Waals surface area contributed by atoms with Gasteiger partial charge in [0.1, 0.15) is 6.54 Å². The number of carboxylic acids is 2. The van der Waals surface area contributed by atoms with Gasteiger partial charge in [0, 0.05) is 0 Å². The van der Waals surface area contributed by atoms with Crippen molar-refractivity contribution in [3.63, 3.8) is 0 Å². The van der Waals surface area contributed by atoms with Crippen molar-refractivity contribution in [3.05, 3.63) is 0 Å². The lowest BCUT2D eigenvalue weighted by atomic mass is 10.2. The molecule has 110 valence electrons. The summed E-state index contributed by atoms with van der Waals surface area (Å²) in [5.41, 5.74) is 5.14. The molecule has 0 aliphatic heterocycles. The molecule has 0 fully saturated rings. The summed E-state index contributed by atoms with van der Waals surface area (Å²) in [6.45, 7) is 0.290. The van der Waals surface area contributed by atoms with Crippen LogP contribution in [0.15, 0.2) is 0 Å². The molecule has 0 bridgehead atoms. The first-order valence-electron chi connectivity index (χ1n) is 5.69. The maximum atomic E-state index is 11.4. The molecule has 0 aliphatic rings. The average Bonchev–Trinajstić information content (AvgIpc) is 2.12. The largest absolute Gasteiger partial charge is 0.548 e. The van der Waals surface area contributed by atoms with Crippen LogP contribution in [0.5, 0.6) is 0 Å². The van der Waals surface area contributed by atoms with Gasteiger partial charge >= 0.3 is 11.9 Å². The van der Waals surface area contributed by atoms with E-state index in [2.05, 4.69) is 0 Å². The van der Waals surface area contributed by atoms with Gasteiger partial charge in [0.25, 0.3) is 0 Å². The number of aliphatic carboxylic acids is 2. The third-order valence-electron chi connectivity index (χ3n) is 2.14. The Morgan fingerprint density at radius 1 is 1.26 bits per heavy atom. The van der Waals surface area contributed by atoms with Crippen LogP contribution in [0, 0.1) is 0 Å². The Bertz CT molecular complexity index is 350. The fourth-order valence-corrected chi connectivity index (χ4v) is 1.45. The van der Waals surface area contributed by atoms with E-state index in [-0.39, 0.29) is 6.42 Å². The predicted octanol–water partition coefficient (Wildman–Crippen LogP) is -2.45. The molecule has 0 amide bonds. The lowest BCUT2D eigenvalue weighted by Gasteiger charge is -2.28. The Labute approximate surface area is 111 Å². The zero-order chi connectivity index (χ0) is 15.2. The highest BCUT2D eigenvalue weighted by Gasteiger charge is 2.25. The van der Waals surface area contributed by atoms with E-state index in [1.165, 1.54) is 0 Å². The van der Waals surface area contributed by atoms with Gasteiger partial charge in [-0.05, 0) is 0 Å². The van der Waals surface area contributed by atoms with Gasteiger partial charge in [-0.15, -0.1) is 0 Å². The number of hydrogen-bond donors (Lipinski definition) is 2. The number of quaternary nitrogens is 1. The molecule has 3 N–H and O–H groups in total. The number of likely N-dealkylation sites (N-methyl/N-ethyl adjacent to an activating group) is 1. The first kappa shape index (κ1) is 17.3. The van der Waals surface area contributed by atoms with Crippen molar-refractivity contribution in [2.24, 2.45) is 5.73 Å². The molecule has 0 aromatic heterocycles. The molecule has 0 aromatic carbocycles. The lowest BCUT2D eigenvalue weighted by Crippen LogP contribution is -2.46. The second-order valence-corrected chi connectivity index (χ2v) is 5.31. The minimum atomic E-state index is -1.56. The van der Waals surface area contributed by atoms with Crippen LogP contribution in [-0.2, 0) is 19.1 Å². The molecule has 0 aromatic rings. The molecule has 1 unspecified atom stereocenters. The normalized spacial score (nSPS) is 14.5. The molecule has 8 heteroatoms. The topological polar surface area (TPSA) is 130 Å². The minimum Gasteiger partial charge on any atom is -0.548 e. The Kier molecular flexibility index (Phi) is 6.43. The predicted molar refractivity (Wildman–Crippen MR) is 62.6 cm³/mol. The quantitative estimate of drug-likeness (QED) is 0.371. The average molecular weight is 276 g/mol. The van der Waals surface area contributed by atoms with Gasteiger partial charge in [-0.25, -0.2) is 0 Å². The highest BCUT2D eigenvalue weighted by Crippen LogP contribution is 2.07. The van der Waals surface area contributed by atoms with Crippen LogP contribution >= 0.6 is 0 Å².